The number of carbonyl (C=O) groups excluding carboxylic acids is 1. The number of benzene rings is 1. The van der Waals surface area contributed by atoms with Gasteiger partial charge in [-0.15, -0.1) is 23.7 Å². The van der Waals surface area contributed by atoms with Gasteiger partial charge in [0.15, 0.2) is 6.61 Å². The predicted molar refractivity (Wildman–Crippen MR) is 106 cm³/mol. The minimum absolute atomic E-state index is 0. The number of hydrogen-bond acceptors (Lipinski definition) is 5. The smallest absolute Gasteiger partial charge is 0.258 e. The number of thiophene rings is 1. The van der Waals surface area contributed by atoms with Crippen LogP contribution < -0.4 is 10.1 Å². The summed E-state index contributed by atoms with van der Waals surface area (Å²) in [6.45, 7) is 5.87. The molecule has 1 aromatic carbocycles. The molecule has 1 aliphatic rings. The second-order valence-corrected chi connectivity index (χ2v) is 7.07. The first-order chi connectivity index (χ1) is 12.2. The monoisotopic (exact) mass is 396 g/mol. The fourth-order valence-corrected chi connectivity index (χ4v) is 3.76. The van der Waals surface area contributed by atoms with Gasteiger partial charge in [0.1, 0.15) is 5.75 Å². The second kappa shape index (κ2) is 10.5. The molecule has 1 atom stereocenters. The Hall–Kier alpha value is -1.60. The molecule has 1 fully saturated rings. The molecule has 0 spiro atoms. The zero-order valence-electron chi connectivity index (χ0n) is 14.8. The molecule has 26 heavy (non-hydrogen) atoms. The van der Waals surface area contributed by atoms with Crippen LogP contribution in [0.3, 0.4) is 0 Å². The maximum atomic E-state index is 12.2. The zero-order chi connectivity index (χ0) is 17.5. The topological polar surface area (TPSA) is 50.8 Å². The van der Waals surface area contributed by atoms with Crippen molar-refractivity contribution in [1.82, 2.24) is 10.2 Å². The minimum atomic E-state index is -0.101. The molecule has 2 aromatic rings. The van der Waals surface area contributed by atoms with Crippen molar-refractivity contribution in [2.24, 2.45) is 0 Å². The summed E-state index contributed by atoms with van der Waals surface area (Å²) in [6.07, 6.45) is 0. The number of aryl methyl sites for hydroxylation is 1. The van der Waals surface area contributed by atoms with E-state index in [9.17, 15) is 4.79 Å². The molecule has 1 N–H and O–H groups in total. The molecule has 7 heteroatoms. The molecular formula is C19H25ClN2O3S. The maximum Gasteiger partial charge on any atom is 0.258 e. The molecule has 0 aliphatic carbocycles. The Morgan fingerprint density at radius 1 is 1.31 bits per heavy atom. The molecule has 0 radical (unpaired) electrons. The van der Waals surface area contributed by atoms with Gasteiger partial charge in [0, 0.05) is 24.5 Å². The van der Waals surface area contributed by atoms with Crippen molar-refractivity contribution in [3.63, 3.8) is 0 Å². The molecule has 142 valence electrons. The normalized spacial score (nSPS) is 15.7. The summed E-state index contributed by atoms with van der Waals surface area (Å²) in [5.74, 6) is 0.620. The summed E-state index contributed by atoms with van der Waals surface area (Å²) >= 11 is 1.72. The van der Waals surface area contributed by atoms with Gasteiger partial charge in [0.25, 0.3) is 5.91 Å². The van der Waals surface area contributed by atoms with Gasteiger partial charge >= 0.3 is 0 Å². The van der Waals surface area contributed by atoms with Crippen LogP contribution in [0.2, 0.25) is 0 Å². The lowest BCUT2D eigenvalue weighted by Crippen LogP contribution is -2.44. The summed E-state index contributed by atoms with van der Waals surface area (Å²) in [4.78, 5) is 15.8. The largest absolute Gasteiger partial charge is 0.484 e. The highest BCUT2D eigenvalue weighted by Crippen LogP contribution is 2.25. The third kappa shape index (κ3) is 5.99. The van der Waals surface area contributed by atoms with E-state index >= 15 is 0 Å². The van der Waals surface area contributed by atoms with E-state index in [-0.39, 0.29) is 31.0 Å². The molecule has 1 saturated heterocycles. The van der Waals surface area contributed by atoms with Crippen molar-refractivity contribution in [3.05, 3.63) is 52.2 Å². The van der Waals surface area contributed by atoms with Crippen LogP contribution in [0, 0.1) is 6.92 Å². The number of nitrogens with zero attached hydrogens (tertiary/aromatic N) is 1. The van der Waals surface area contributed by atoms with E-state index in [0.717, 1.165) is 37.6 Å². The van der Waals surface area contributed by atoms with Crippen LogP contribution in [0.1, 0.15) is 16.5 Å². The molecule has 3 rings (SSSR count). The van der Waals surface area contributed by atoms with Crippen LogP contribution >= 0.6 is 23.7 Å². The Morgan fingerprint density at radius 3 is 2.81 bits per heavy atom. The number of halogens is 1. The Bertz CT molecular complexity index is 675. The number of amides is 1. The van der Waals surface area contributed by atoms with Crippen molar-refractivity contribution in [3.8, 4) is 5.75 Å². The van der Waals surface area contributed by atoms with Crippen LogP contribution in [0.5, 0.6) is 5.75 Å². The molecule has 0 bridgehead atoms. The van der Waals surface area contributed by atoms with Gasteiger partial charge in [-0.05, 0) is 36.1 Å². The highest BCUT2D eigenvalue weighted by molar-refractivity contribution is 7.10. The van der Waals surface area contributed by atoms with Gasteiger partial charge in [0.05, 0.1) is 19.3 Å². The van der Waals surface area contributed by atoms with E-state index in [2.05, 4.69) is 27.7 Å². The first-order valence-electron chi connectivity index (χ1n) is 8.54. The van der Waals surface area contributed by atoms with Crippen molar-refractivity contribution in [2.45, 2.75) is 13.0 Å². The lowest BCUT2D eigenvalue weighted by molar-refractivity contribution is -0.123. The number of rotatable bonds is 7. The van der Waals surface area contributed by atoms with Gasteiger partial charge < -0.3 is 14.8 Å². The molecule has 1 aromatic heterocycles. The SMILES string of the molecule is Cc1cccc(OCC(=O)NCC(c2cccs2)N2CCOCC2)c1.Cl. The Balaban J connectivity index is 0.00000243. The van der Waals surface area contributed by atoms with E-state index in [4.69, 9.17) is 9.47 Å². The van der Waals surface area contributed by atoms with Crippen molar-refractivity contribution >= 4 is 29.7 Å². The first-order valence-corrected chi connectivity index (χ1v) is 9.42. The Kier molecular flexibility index (Phi) is 8.38. The molecule has 5 nitrogen and oxygen atoms in total. The summed E-state index contributed by atoms with van der Waals surface area (Å²) in [6, 6.07) is 12.1. The van der Waals surface area contributed by atoms with Crippen LogP contribution in [-0.4, -0.2) is 50.3 Å². The Morgan fingerprint density at radius 2 is 2.12 bits per heavy atom. The fraction of sp³-hybridized carbons (Fsp3) is 0.421. The third-order valence-electron chi connectivity index (χ3n) is 4.21. The van der Waals surface area contributed by atoms with Crippen molar-refractivity contribution < 1.29 is 14.3 Å². The molecular weight excluding hydrogens is 372 g/mol. The van der Waals surface area contributed by atoms with Crippen LogP contribution in [0.25, 0.3) is 0 Å². The van der Waals surface area contributed by atoms with E-state index in [1.165, 1.54) is 4.88 Å². The van der Waals surface area contributed by atoms with E-state index in [0.29, 0.717) is 6.54 Å². The Labute approximate surface area is 164 Å². The predicted octanol–water partition coefficient (Wildman–Crippen LogP) is 3.05. The van der Waals surface area contributed by atoms with E-state index in [1.807, 2.05) is 31.2 Å². The fourth-order valence-electron chi connectivity index (χ4n) is 2.90. The van der Waals surface area contributed by atoms with Crippen LogP contribution in [0.15, 0.2) is 41.8 Å². The number of carbonyl (C=O) groups is 1. The standard InChI is InChI=1S/C19H24N2O3S.ClH/c1-15-4-2-5-16(12-15)24-14-19(22)20-13-17(18-6-3-11-25-18)21-7-9-23-10-8-21;/h2-6,11-12,17H,7-10,13-14H2,1H3,(H,20,22);1H. The van der Waals surface area contributed by atoms with Crippen LogP contribution in [0.4, 0.5) is 0 Å². The molecule has 1 unspecified atom stereocenters. The maximum absolute atomic E-state index is 12.2. The highest BCUT2D eigenvalue weighted by Gasteiger charge is 2.23. The zero-order valence-corrected chi connectivity index (χ0v) is 16.5. The molecule has 1 amide bonds. The van der Waals surface area contributed by atoms with Gasteiger partial charge in [-0.1, -0.05) is 18.2 Å². The van der Waals surface area contributed by atoms with Gasteiger partial charge in [-0.25, -0.2) is 0 Å². The highest BCUT2D eigenvalue weighted by atomic mass is 35.5. The van der Waals surface area contributed by atoms with Crippen LogP contribution in [-0.2, 0) is 9.53 Å². The van der Waals surface area contributed by atoms with Gasteiger partial charge in [-0.2, -0.15) is 0 Å². The lowest BCUT2D eigenvalue weighted by atomic mass is 10.2. The average molecular weight is 397 g/mol. The van der Waals surface area contributed by atoms with Crippen molar-refractivity contribution in [2.75, 3.05) is 39.5 Å². The summed E-state index contributed by atoms with van der Waals surface area (Å²) in [7, 11) is 0. The first kappa shape index (κ1) is 20.7. The van der Waals surface area contributed by atoms with E-state index in [1.54, 1.807) is 11.3 Å². The van der Waals surface area contributed by atoms with Gasteiger partial charge in [-0.3, -0.25) is 9.69 Å². The third-order valence-corrected chi connectivity index (χ3v) is 5.18. The second-order valence-electron chi connectivity index (χ2n) is 6.09. The average Bonchev–Trinajstić information content (AvgIpc) is 3.15. The minimum Gasteiger partial charge on any atom is -0.484 e. The quantitative estimate of drug-likeness (QED) is 0.781. The molecule has 2 heterocycles. The molecule has 1 aliphatic heterocycles. The van der Waals surface area contributed by atoms with Crippen molar-refractivity contribution in [1.29, 1.82) is 0 Å². The van der Waals surface area contributed by atoms with Gasteiger partial charge in [0.2, 0.25) is 0 Å². The summed E-state index contributed by atoms with van der Waals surface area (Å²) < 4.78 is 11.0. The number of nitrogens with one attached hydrogen (secondary N) is 1. The summed E-state index contributed by atoms with van der Waals surface area (Å²) in [5.41, 5.74) is 1.11. The number of ether oxygens (including phenoxy) is 2. The lowest BCUT2D eigenvalue weighted by Gasteiger charge is -2.34. The van der Waals surface area contributed by atoms with E-state index < -0.39 is 0 Å². The number of morpholine rings is 1. The number of hydrogen-bond donors (Lipinski definition) is 1. The molecule has 0 saturated carbocycles. The summed E-state index contributed by atoms with van der Waals surface area (Å²) in [5, 5.41) is 5.09.